The van der Waals surface area contributed by atoms with Gasteiger partial charge in [0.15, 0.2) is 6.67 Å². The molecule has 0 aliphatic rings. The maximum absolute atomic E-state index is 11.4. The topological polar surface area (TPSA) is 43.4 Å². The molecule has 0 aliphatic carbocycles. The molecule has 0 bridgehead atoms. The van der Waals surface area contributed by atoms with Crippen LogP contribution in [0.1, 0.15) is 0 Å². The van der Waals surface area contributed by atoms with E-state index >= 15 is 0 Å². The van der Waals surface area contributed by atoms with Crippen LogP contribution in [0, 0.1) is 0 Å². The Morgan fingerprint density at radius 1 is 1.44 bits per heavy atom. The Morgan fingerprint density at radius 3 is 2.00 bits per heavy atom. The van der Waals surface area contributed by atoms with E-state index in [1.807, 2.05) is 0 Å². The third-order valence-electron chi connectivity index (χ3n) is 0.364. The molecular formula is C2H3F3O3S. The lowest BCUT2D eigenvalue weighted by Gasteiger charge is -2.05. The first kappa shape index (κ1) is 8.70. The third kappa shape index (κ3) is 4.22. The summed E-state index contributed by atoms with van der Waals surface area (Å²) < 4.78 is 55.4. The van der Waals surface area contributed by atoms with E-state index in [-0.39, 0.29) is 0 Å². The van der Waals surface area contributed by atoms with Crippen LogP contribution >= 0.6 is 0 Å². The molecule has 9 heavy (non-hydrogen) atoms. The molecule has 3 nitrogen and oxygen atoms in total. The van der Waals surface area contributed by atoms with Crippen molar-refractivity contribution in [1.29, 1.82) is 0 Å². The summed E-state index contributed by atoms with van der Waals surface area (Å²) in [7, 11) is -3.68. The monoisotopic (exact) mass is 164 g/mol. The third-order valence-corrected chi connectivity index (χ3v) is 0.780. The summed E-state index contributed by atoms with van der Waals surface area (Å²) >= 11 is 0. The Bertz CT molecular complexity index is 145. The summed E-state index contributed by atoms with van der Waals surface area (Å²) in [6.45, 7) is -2.14. The highest BCUT2D eigenvalue weighted by Gasteiger charge is 2.31. The second kappa shape index (κ2) is 3.02. The average molecular weight is 164 g/mol. The maximum Gasteiger partial charge on any atom is 0.397 e. The minimum atomic E-state index is -4.20. The van der Waals surface area contributed by atoms with Gasteiger partial charge in [0.25, 0.3) is 11.0 Å². The molecule has 0 aromatic carbocycles. The molecule has 0 amide bonds. The summed E-state index contributed by atoms with van der Waals surface area (Å²) in [5.74, 6) is 0. The van der Waals surface area contributed by atoms with Crippen LogP contribution in [0.5, 0.6) is 0 Å². The molecule has 0 unspecified atom stereocenters. The molecular weight excluding hydrogens is 161 g/mol. The minimum absolute atomic E-state index is 2.14. The van der Waals surface area contributed by atoms with E-state index in [1.165, 1.54) is 0 Å². The number of hydrogen-bond donors (Lipinski definition) is 1. The van der Waals surface area contributed by atoms with Crippen molar-refractivity contribution in [3.8, 4) is 0 Å². The predicted octanol–water partition coefficient (Wildman–Crippen LogP) is 0.0917. The zero-order chi connectivity index (χ0) is 7.49. The van der Waals surface area contributed by atoms with Crippen LogP contribution in [-0.2, 0) is 15.2 Å². The molecule has 0 atom stereocenters. The molecule has 0 saturated carbocycles. The fraction of sp³-hybridized carbons (Fsp3) is 1.00. The minimum Gasteiger partial charge on any atom is -0.241 e. The fourth-order valence-corrected chi connectivity index (χ4v) is 0.400. The summed E-state index contributed by atoms with van der Waals surface area (Å²) in [6.07, 6.45) is -4.20. The predicted molar refractivity (Wildman–Crippen MR) is 22.3 cm³/mol. The van der Waals surface area contributed by atoms with Crippen molar-refractivity contribution in [1.82, 2.24) is 0 Å². The SMILES string of the molecule is O=[SH](=O)OC(F)(F)CF. The molecule has 7 heteroatoms. The van der Waals surface area contributed by atoms with Crippen molar-refractivity contribution >= 4 is 11.0 Å². The maximum atomic E-state index is 11.4. The number of thiol groups is 1. The van der Waals surface area contributed by atoms with Crippen LogP contribution in [0.3, 0.4) is 0 Å². The van der Waals surface area contributed by atoms with Gasteiger partial charge in [0, 0.05) is 0 Å². The zero-order valence-corrected chi connectivity index (χ0v) is 4.91. The van der Waals surface area contributed by atoms with E-state index in [4.69, 9.17) is 0 Å². The van der Waals surface area contributed by atoms with E-state index in [0.29, 0.717) is 0 Å². The quantitative estimate of drug-likeness (QED) is 0.601. The van der Waals surface area contributed by atoms with Gasteiger partial charge in [-0.05, 0) is 0 Å². The highest BCUT2D eigenvalue weighted by Crippen LogP contribution is 2.14. The summed E-state index contributed by atoms with van der Waals surface area (Å²) in [4.78, 5) is 0. The number of halogens is 3. The standard InChI is InChI=1S/C2H3F3O3S/c3-1-2(4,5)8-9(6)7/h9H,1H2. The summed E-state index contributed by atoms with van der Waals surface area (Å²) in [6, 6.07) is 0. The number of rotatable bonds is 3. The first-order chi connectivity index (χ1) is 3.98. The number of alkyl halides is 3. The lowest BCUT2D eigenvalue weighted by atomic mass is 10.7. The largest absolute Gasteiger partial charge is 0.397 e. The zero-order valence-electron chi connectivity index (χ0n) is 4.01. The van der Waals surface area contributed by atoms with Crippen molar-refractivity contribution < 1.29 is 25.8 Å². The highest BCUT2D eigenvalue weighted by molar-refractivity contribution is 7.67. The van der Waals surface area contributed by atoms with Crippen molar-refractivity contribution in [3.05, 3.63) is 0 Å². The molecule has 0 aliphatic heterocycles. The van der Waals surface area contributed by atoms with Crippen molar-refractivity contribution in [2.24, 2.45) is 0 Å². The molecule has 0 radical (unpaired) electrons. The molecule has 0 aromatic rings. The normalized spacial score (nSPS) is 12.4. The van der Waals surface area contributed by atoms with Crippen molar-refractivity contribution in [3.63, 3.8) is 0 Å². The van der Waals surface area contributed by atoms with Crippen LogP contribution in [-0.4, -0.2) is 21.2 Å². The van der Waals surface area contributed by atoms with Crippen LogP contribution in [0.15, 0.2) is 0 Å². The van der Waals surface area contributed by atoms with Gasteiger partial charge >= 0.3 is 6.11 Å². The van der Waals surface area contributed by atoms with E-state index in [2.05, 4.69) is 4.18 Å². The van der Waals surface area contributed by atoms with Crippen LogP contribution in [0.2, 0.25) is 0 Å². The van der Waals surface area contributed by atoms with Gasteiger partial charge in [-0.15, -0.1) is 0 Å². The van der Waals surface area contributed by atoms with E-state index in [0.717, 1.165) is 0 Å². The second-order valence-corrected chi connectivity index (χ2v) is 1.72. The summed E-state index contributed by atoms with van der Waals surface area (Å²) in [5, 5.41) is 0. The van der Waals surface area contributed by atoms with Gasteiger partial charge < -0.3 is 0 Å². The Labute approximate surface area is 50.6 Å². The Balaban J connectivity index is 3.86. The molecule has 56 valence electrons. The van der Waals surface area contributed by atoms with E-state index < -0.39 is 23.8 Å². The van der Waals surface area contributed by atoms with Crippen LogP contribution in [0.25, 0.3) is 0 Å². The smallest absolute Gasteiger partial charge is 0.241 e. The number of hydrogen-bond acceptors (Lipinski definition) is 3. The first-order valence-corrected chi connectivity index (χ1v) is 2.85. The fourth-order valence-electron chi connectivity index (χ4n) is 0.133. The Kier molecular flexibility index (Phi) is 2.92. The molecule has 0 fully saturated rings. The Morgan fingerprint density at radius 2 is 1.89 bits per heavy atom. The van der Waals surface area contributed by atoms with Gasteiger partial charge in [0.1, 0.15) is 0 Å². The lowest BCUT2D eigenvalue weighted by Crippen LogP contribution is -2.22. The van der Waals surface area contributed by atoms with E-state index in [1.54, 1.807) is 0 Å². The summed E-state index contributed by atoms with van der Waals surface area (Å²) in [5.41, 5.74) is 0. The van der Waals surface area contributed by atoms with Crippen LogP contribution in [0.4, 0.5) is 13.2 Å². The molecule has 0 spiro atoms. The van der Waals surface area contributed by atoms with Gasteiger partial charge in [-0.25, -0.2) is 17.0 Å². The van der Waals surface area contributed by atoms with E-state index in [9.17, 15) is 21.6 Å². The molecule has 0 N–H and O–H groups in total. The molecule has 0 aromatic heterocycles. The first-order valence-electron chi connectivity index (χ1n) is 1.75. The van der Waals surface area contributed by atoms with Gasteiger partial charge in [-0.1, -0.05) is 0 Å². The molecule has 0 heterocycles. The lowest BCUT2D eigenvalue weighted by molar-refractivity contribution is -0.180. The van der Waals surface area contributed by atoms with Crippen LogP contribution < -0.4 is 0 Å². The molecule has 0 rings (SSSR count). The second-order valence-electron chi connectivity index (χ2n) is 1.09. The van der Waals surface area contributed by atoms with Gasteiger partial charge in [0.2, 0.25) is 0 Å². The van der Waals surface area contributed by atoms with Gasteiger partial charge in [0.05, 0.1) is 0 Å². The van der Waals surface area contributed by atoms with Crippen molar-refractivity contribution in [2.75, 3.05) is 6.67 Å². The highest BCUT2D eigenvalue weighted by atomic mass is 32.2. The van der Waals surface area contributed by atoms with Gasteiger partial charge in [-0.3, -0.25) is 0 Å². The van der Waals surface area contributed by atoms with Crippen molar-refractivity contribution in [2.45, 2.75) is 6.11 Å². The Hall–Kier alpha value is -0.300. The van der Waals surface area contributed by atoms with Gasteiger partial charge in [-0.2, -0.15) is 8.78 Å². The molecule has 0 saturated heterocycles. The average Bonchev–Trinajstić information content (AvgIpc) is 1.63.